The molecule has 6 heteroatoms. The minimum atomic E-state index is -0.217. The topological polar surface area (TPSA) is 80.5 Å². The van der Waals surface area contributed by atoms with Crippen LogP contribution in [0.2, 0.25) is 0 Å². The molecule has 0 atom stereocenters. The Kier molecular flexibility index (Phi) is 6.56. The van der Waals surface area contributed by atoms with Gasteiger partial charge in [0, 0.05) is 32.7 Å². The molecular formula is C49H31N5O. The van der Waals surface area contributed by atoms with Crippen molar-refractivity contribution in [1.29, 1.82) is 5.26 Å². The molecule has 11 rings (SSSR count). The van der Waals surface area contributed by atoms with Crippen molar-refractivity contribution < 1.29 is 4.42 Å². The number of nitriles is 1. The van der Waals surface area contributed by atoms with Crippen LogP contribution in [-0.2, 0) is 5.41 Å². The van der Waals surface area contributed by atoms with Gasteiger partial charge in [0.05, 0.1) is 33.2 Å². The number of para-hydroxylation sites is 2. The normalized spacial score (nSPS) is 13.0. The van der Waals surface area contributed by atoms with Crippen LogP contribution >= 0.6 is 0 Å². The van der Waals surface area contributed by atoms with Crippen LogP contribution in [-0.4, -0.2) is 19.5 Å². The fourth-order valence-corrected chi connectivity index (χ4v) is 8.88. The Morgan fingerprint density at radius 2 is 1.20 bits per heavy atom. The van der Waals surface area contributed by atoms with Crippen molar-refractivity contribution in [3.63, 3.8) is 0 Å². The van der Waals surface area contributed by atoms with Crippen LogP contribution in [0.5, 0.6) is 0 Å². The summed E-state index contributed by atoms with van der Waals surface area (Å²) in [7, 11) is 0. The summed E-state index contributed by atoms with van der Waals surface area (Å²) in [6, 6.07) is 54.2. The average Bonchev–Trinajstić information content (AvgIpc) is 3.86. The zero-order valence-electron chi connectivity index (χ0n) is 30.1. The molecule has 258 valence electrons. The van der Waals surface area contributed by atoms with E-state index in [4.69, 9.17) is 19.4 Å². The first-order valence-electron chi connectivity index (χ1n) is 18.4. The highest BCUT2D eigenvalue weighted by Crippen LogP contribution is 2.54. The standard InChI is InChI=1S/C49H31N5O/c1-49(2)36-22-12-9-19-32(36)33-25-26-38-42(44(33)49)34-20-10-13-23-37(34)54(38)39-27-31(28-50)41(45-43(39)35-21-11-14-24-40(35)55-45)48-52-46(29-15-5-3-6-16-29)51-47(53-48)30-17-7-4-8-18-30/h3-27H,1-2H3. The van der Waals surface area contributed by atoms with Gasteiger partial charge in [-0.05, 0) is 46.5 Å². The van der Waals surface area contributed by atoms with Gasteiger partial charge in [0.25, 0.3) is 0 Å². The van der Waals surface area contributed by atoms with Crippen LogP contribution in [0, 0.1) is 11.3 Å². The Morgan fingerprint density at radius 3 is 1.93 bits per heavy atom. The Labute approximate surface area is 316 Å². The lowest BCUT2D eigenvalue weighted by Gasteiger charge is -2.22. The second kappa shape index (κ2) is 11.6. The first kappa shape index (κ1) is 31.2. The maximum atomic E-state index is 11.1. The van der Waals surface area contributed by atoms with Gasteiger partial charge < -0.3 is 8.98 Å². The third kappa shape index (κ3) is 4.44. The predicted octanol–water partition coefficient (Wildman–Crippen LogP) is 12.0. The molecule has 55 heavy (non-hydrogen) atoms. The van der Waals surface area contributed by atoms with Crippen molar-refractivity contribution in [2.45, 2.75) is 19.3 Å². The number of benzene rings is 7. The van der Waals surface area contributed by atoms with Crippen LogP contribution in [0.25, 0.3) is 94.7 Å². The lowest BCUT2D eigenvalue weighted by atomic mass is 9.80. The Balaban J connectivity index is 1.26. The summed E-state index contributed by atoms with van der Waals surface area (Å²) in [6.45, 7) is 4.66. The molecule has 3 heterocycles. The third-order valence-corrected chi connectivity index (χ3v) is 11.3. The van der Waals surface area contributed by atoms with E-state index in [1.54, 1.807) is 0 Å². The SMILES string of the molecule is CC1(C)c2ccccc2-c2ccc3c(c21)c1ccccc1n3-c1cc(C#N)c(-c2nc(-c3ccccc3)nc(-c3ccccc3)n2)c2oc3ccccc3c12. The number of hydrogen-bond acceptors (Lipinski definition) is 5. The van der Waals surface area contributed by atoms with E-state index in [1.165, 1.54) is 27.6 Å². The minimum absolute atomic E-state index is 0.217. The molecule has 0 aliphatic heterocycles. The van der Waals surface area contributed by atoms with Crippen molar-refractivity contribution in [3.8, 4) is 57.0 Å². The Morgan fingerprint density at radius 1 is 0.582 bits per heavy atom. The van der Waals surface area contributed by atoms with E-state index in [-0.39, 0.29) is 5.41 Å². The maximum Gasteiger partial charge on any atom is 0.169 e. The van der Waals surface area contributed by atoms with E-state index >= 15 is 0 Å². The molecule has 0 unspecified atom stereocenters. The van der Waals surface area contributed by atoms with Crippen LogP contribution in [0.1, 0.15) is 30.5 Å². The minimum Gasteiger partial charge on any atom is -0.455 e. The van der Waals surface area contributed by atoms with Crippen molar-refractivity contribution in [2.75, 3.05) is 0 Å². The van der Waals surface area contributed by atoms with Gasteiger partial charge in [-0.1, -0.05) is 141 Å². The van der Waals surface area contributed by atoms with E-state index in [0.717, 1.165) is 44.0 Å². The number of nitrogens with zero attached hydrogens (tertiary/aromatic N) is 5. The molecule has 0 fully saturated rings. The third-order valence-electron chi connectivity index (χ3n) is 11.3. The van der Waals surface area contributed by atoms with Gasteiger partial charge in [-0.2, -0.15) is 5.26 Å². The summed E-state index contributed by atoms with van der Waals surface area (Å²) >= 11 is 0. The highest BCUT2D eigenvalue weighted by molar-refractivity contribution is 6.19. The number of hydrogen-bond donors (Lipinski definition) is 0. The quantitative estimate of drug-likeness (QED) is 0.182. The summed E-state index contributed by atoms with van der Waals surface area (Å²) in [5, 5.41) is 15.3. The van der Waals surface area contributed by atoms with Crippen LogP contribution in [0.15, 0.2) is 156 Å². The lowest BCUT2D eigenvalue weighted by molar-refractivity contribution is 0.666. The van der Waals surface area contributed by atoms with Crippen molar-refractivity contribution in [3.05, 3.63) is 168 Å². The van der Waals surface area contributed by atoms with Gasteiger partial charge >= 0.3 is 0 Å². The van der Waals surface area contributed by atoms with Crippen LogP contribution in [0.4, 0.5) is 0 Å². The predicted molar refractivity (Wildman–Crippen MR) is 220 cm³/mol. The van der Waals surface area contributed by atoms with Gasteiger partial charge in [-0.15, -0.1) is 0 Å². The zero-order valence-corrected chi connectivity index (χ0v) is 30.1. The van der Waals surface area contributed by atoms with E-state index in [2.05, 4.69) is 91.2 Å². The second-order valence-corrected chi connectivity index (χ2v) is 14.7. The number of fused-ring (bicyclic) bond motifs is 10. The fraction of sp³-hybridized carbons (Fsp3) is 0.0612. The molecular weight excluding hydrogens is 675 g/mol. The molecule has 0 N–H and O–H groups in total. The van der Waals surface area contributed by atoms with Gasteiger partial charge in [-0.3, -0.25) is 0 Å². The Hall–Kier alpha value is -7.36. The van der Waals surface area contributed by atoms with Crippen molar-refractivity contribution >= 4 is 43.7 Å². The van der Waals surface area contributed by atoms with E-state index in [1.807, 2.05) is 84.9 Å². The smallest absolute Gasteiger partial charge is 0.169 e. The lowest BCUT2D eigenvalue weighted by Crippen LogP contribution is -2.15. The summed E-state index contributed by atoms with van der Waals surface area (Å²) in [6.07, 6.45) is 0. The Bertz CT molecular complexity index is 3180. The number of rotatable bonds is 4. The molecule has 10 aromatic rings. The molecule has 0 saturated heterocycles. The summed E-state index contributed by atoms with van der Waals surface area (Å²) < 4.78 is 9.14. The average molecular weight is 706 g/mol. The molecule has 6 nitrogen and oxygen atoms in total. The van der Waals surface area contributed by atoms with E-state index < -0.39 is 0 Å². The second-order valence-electron chi connectivity index (χ2n) is 14.7. The van der Waals surface area contributed by atoms with Crippen LogP contribution < -0.4 is 0 Å². The first-order valence-corrected chi connectivity index (χ1v) is 18.4. The summed E-state index contributed by atoms with van der Waals surface area (Å²) in [5.74, 6) is 1.41. The number of aromatic nitrogens is 4. The molecule has 7 aromatic carbocycles. The van der Waals surface area contributed by atoms with Gasteiger partial charge in [0.1, 0.15) is 17.2 Å². The molecule has 0 radical (unpaired) electrons. The molecule has 0 saturated carbocycles. The highest BCUT2D eigenvalue weighted by Gasteiger charge is 2.38. The first-order chi connectivity index (χ1) is 27.0. The zero-order chi connectivity index (χ0) is 36.8. The van der Waals surface area contributed by atoms with E-state index in [0.29, 0.717) is 39.8 Å². The maximum absolute atomic E-state index is 11.1. The van der Waals surface area contributed by atoms with Crippen LogP contribution in [0.3, 0.4) is 0 Å². The monoisotopic (exact) mass is 705 g/mol. The van der Waals surface area contributed by atoms with Gasteiger partial charge in [0.2, 0.25) is 0 Å². The summed E-state index contributed by atoms with van der Waals surface area (Å²) in [4.78, 5) is 15.0. The van der Waals surface area contributed by atoms with Gasteiger partial charge in [-0.25, -0.2) is 15.0 Å². The molecule has 1 aliphatic rings. The van der Waals surface area contributed by atoms with Crippen molar-refractivity contribution in [2.24, 2.45) is 0 Å². The molecule has 0 amide bonds. The summed E-state index contributed by atoms with van der Waals surface area (Å²) in [5.41, 5.74) is 11.9. The highest BCUT2D eigenvalue weighted by atomic mass is 16.3. The number of furan rings is 1. The molecule has 0 spiro atoms. The van der Waals surface area contributed by atoms with Crippen molar-refractivity contribution in [1.82, 2.24) is 19.5 Å². The van der Waals surface area contributed by atoms with E-state index in [9.17, 15) is 5.26 Å². The molecule has 0 bridgehead atoms. The largest absolute Gasteiger partial charge is 0.455 e. The fourth-order valence-electron chi connectivity index (χ4n) is 8.88. The molecule has 3 aromatic heterocycles. The van der Waals surface area contributed by atoms with Gasteiger partial charge in [0.15, 0.2) is 17.5 Å². The molecule has 1 aliphatic carbocycles.